The molecular weight excluding hydrogens is 286 g/mol. The second-order valence-electron chi connectivity index (χ2n) is 4.43. The third kappa shape index (κ3) is 3.72. The SMILES string of the molecule is NC(COc1ccccc1F)c1ccccc1C(F)(F)F. The lowest BCUT2D eigenvalue weighted by Crippen LogP contribution is -2.23. The first-order valence-electron chi connectivity index (χ1n) is 6.18. The normalized spacial score (nSPS) is 13.0. The van der Waals surface area contributed by atoms with Crippen LogP contribution in [0, 0.1) is 5.82 Å². The Bertz CT molecular complexity index is 613. The minimum atomic E-state index is -4.49. The van der Waals surface area contributed by atoms with Gasteiger partial charge in [-0.25, -0.2) is 4.39 Å². The molecule has 21 heavy (non-hydrogen) atoms. The fourth-order valence-electron chi connectivity index (χ4n) is 1.91. The van der Waals surface area contributed by atoms with E-state index >= 15 is 0 Å². The standard InChI is InChI=1S/C15H13F4NO/c16-12-7-3-4-8-14(12)21-9-13(20)10-5-1-2-6-11(10)15(17,18)19/h1-8,13H,9,20H2. The summed E-state index contributed by atoms with van der Waals surface area (Å²) in [7, 11) is 0. The van der Waals surface area contributed by atoms with Crippen LogP contribution < -0.4 is 10.5 Å². The van der Waals surface area contributed by atoms with Crippen LogP contribution >= 0.6 is 0 Å². The average molecular weight is 299 g/mol. The Morgan fingerprint density at radius 1 is 1.00 bits per heavy atom. The average Bonchev–Trinajstić information content (AvgIpc) is 2.45. The number of benzene rings is 2. The van der Waals surface area contributed by atoms with Gasteiger partial charge in [0, 0.05) is 0 Å². The van der Waals surface area contributed by atoms with E-state index in [1.807, 2.05) is 0 Å². The van der Waals surface area contributed by atoms with Crippen molar-refractivity contribution < 1.29 is 22.3 Å². The fraction of sp³-hybridized carbons (Fsp3) is 0.200. The molecule has 1 atom stereocenters. The van der Waals surface area contributed by atoms with Crippen LogP contribution in [0.2, 0.25) is 0 Å². The van der Waals surface area contributed by atoms with Gasteiger partial charge < -0.3 is 10.5 Å². The second kappa shape index (κ2) is 6.13. The molecule has 0 saturated heterocycles. The van der Waals surface area contributed by atoms with E-state index in [0.29, 0.717) is 0 Å². The summed E-state index contributed by atoms with van der Waals surface area (Å²) in [5.74, 6) is -0.633. The molecule has 112 valence electrons. The van der Waals surface area contributed by atoms with Gasteiger partial charge in [-0.15, -0.1) is 0 Å². The van der Waals surface area contributed by atoms with Gasteiger partial charge in [0.25, 0.3) is 0 Å². The summed E-state index contributed by atoms with van der Waals surface area (Å²) in [6.45, 7) is -0.256. The van der Waals surface area contributed by atoms with E-state index in [1.165, 1.54) is 36.4 Å². The largest absolute Gasteiger partial charge is 0.489 e. The number of nitrogens with two attached hydrogens (primary N) is 1. The number of hydrogen-bond donors (Lipinski definition) is 1. The van der Waals surface area contributed by atoms with Crippen LogP contribution in [0.3, 0.4) is 0 Å². The zero-order valence-electron chi connectivity index (χ0n) is 10.9. The Labute approximate surface area is 119 Å². The summed E-state index contributed by atoms with van der Waals surface area (Å²) in [5, 5.41) is 0. The Balaban J connectivity index is 2.15. The maximum absolute atomic E-state index is 13.4. The predicted molar refractivity (Wildman–Crippen MR) is 70.3 cm³/mol. The molecule has 6 heteroatoms. The molecule has 0 bridgehead atoms. The maximum atomic E-state index is 13.4. The maximum Gasteiger partial charge on any atom is 0.416 e. The summed E-state index contributed by atoms with van der Waals surface area (Å²) in [6.07, 6.45) is -4.49. The van der Waals surface area contributed by atoms with Crippen LogP contribution in [0.5, 0.6) is 5.75 Å². The number of halogens is 4. The smallest absolute Gasteiger partial charge is 0.416 e. The van der Waals surface area contributed by atoms with E-state index in [4.69, 9.17) is 10.5 Å². The van der Waals surface area contributed by atoms with Crippen molar-refractivity contribution in [2.45, 2.75) is 12.2 Å². The number of rotatable bonds is 4. The fourth-order valence-corrected chi connectivity index (χ4v) is 1.91. The molecule has 0 amide bonds. The van der Waals surface area contributed by atoms with Crippen molar-refractivity contribution in [1.29, 1.82) is 0 Å². The van der Waals surface area contributed by atoms with Crippen molar-refractivity contribution in [1.82, 2.24) is 0 Å². The Morgan fingerprint density at radius 2 is 1.62 bits per heavy atom. The lowest BCUT2D eigenvalue weighted by atomic mass is 10.0. The van der Waals surface area contributed by atoms with Crippen molar-refractivity contribution in [3.63, 3.8) is 0 Å². The molecule has 1 unspecified atom stereocenters. The second-order valence-corrected chi connectivity index (χ2v) is 4.43. The summed E-state index contributed by atoms with van der Waals surface area (Å²) in [5.41, 5.74) is 4.85. The van der Waals surface area contributed by atoms with Gasteiger partial charge in [-0.05, 0) is 23.8 Å². The lowest BCUT2D eigenvalue weighted by Gasteiger charge is -2.18. The molecule has 0 radical (unpaired) electrons. The molecule has 2 aromatic rings. The third-order valence-corrected chi connectivity index (χ3v) is 2.92. The van der Waals surface area contributed by atoms with Gasteiger partial charge in [-0.1, -0.05) is 30.3 Å². The summed E-state index contributed by atoms with van der Waals surface area (Å²) in [4.78, 5) is 0. The first kappa shape index (κ1) is 15.3. The quantitative estimate of drug-likeness (QED) is 0.868. The first-order valence-corrected chi connectivity index (χ1v) is 6.18. The zero-order chi connectivity index (χ0) is 15.5. The molecule has 2 aromatic carbocycles. The molecular formula is C15H13F4NO. The van der Waals surface area contributed by atoms with Crippen LogP contribution in [0.15, 0.2) is 48.5 Å². The molecule has 0 aliphatic rings. The molecule has 0 aromatic heterocycles. The highest BCUT2D eigenvalue weighted by Crippen LogP contribution is 2.34. The highest BCUT2D eigenvalue weighted by atomic mass is 19.4. The van der Waals surface area contributed by atoms with Gasteiger partial charge in [0.1, 0.15) is 6.61 Å². The Morgan fingerprint density at radius 3 is 2.29 bits per heavy atom. The third-order valence-electron chi connectivity index (χ3n) is 2.92. The van der Waals surface area contributed by atoms with Gasteiger partial charge in [-0.2, -0.15) is 13.2 Å². The van der Waals surface area contributed by atoms with Gasteiger partial charge in [0.05, 0.1) is 11.6 Å². The van der Waals surface area contributed by atoms with E-state index in [0.717, 1.165) is 6.07 Å². The summed E-state index contributed by atoms with van der Waals surface area (Å²) >= 11 is 0. The molecule has 2 N–H and O–H groups in total. The molecule has 2 nitrogen and oxygen atoms in total. The molecule has 0 aliphatic heterocycles. The predicted octanol–water partition coefficient (Wildman–Crippen LogP) is 3.92. The van der Waals surface area contributed by atoms with Crippen LogP contribution in [0.4, 0.5) is 17.6 Å². The Hall–Kier alpha value is -2.08. The number of para-hydroxylation sites is 1. The van der Waals surface area contributed by atoms with Gasteiger partial charge in [-0.3, -0.25) is 0 Å². The minimum absolute atomic E-state index is 0.0440. The van der Waals surface area contributed by atoms with E-state index in [9.17, 15) is 17.6 Å². The monoisotopic (exact) mass is 299 g/mol. The van der Waals surface area contributed by atoms with Crippen molar-refractivity contribution in [2.24, 2.45) is 5.73 Å². The van der Waals surface area contributed by atoms with Crippen molar-refractivity contribution in [3.05, 3.63) is 65.5 Å². The van der Waals surface area contributed by atoms with E-state index in [1.54, 1.807) is 6.07 Å². The Kier molecular flexibility index (Phi) is 4.47. The van der Waals surface area contributed by atoms with Crippen molar-refractivity contribution in [3.8, 4) is 5.75 Å². The first-order chi connectivity index (χ1) is 9.89. The minimum Gasteiger partial charge on any atom is -0.489 e. The van der Waals surface area contributed by atoms with E-state index < -0.39 is 23.6 Å². The molecule has 0 aliphatic carbocycles. The number of ether oxygens (including phenoxy) is 1. The summed E-state index contributed by atoms with van der Waals surface area (Å²) in [6, 6.07) is 9.62. The zero-order valence-corrected chi connectivity index (χ0v) is 10.9. The molecule has 0 heterocycles. The summed E-state index contributed by atoms with van der Waals surface area (Å²) < 4.78 is 57.2. The molecule has 0 spiro atoms. The molecule has 2 rings (SSSR count). The molecule has 0 saturated carbocycles. The van der Waals surface area contributed by atoms with Crippen LogP contribution in [0.1, 0.15) is 17.2 Å². The lowest BCUT2D eigenvalue weighted by molar-refractivity contribution is -0.138. The van der Waals surface area contributed by atoms with Crippen molar-refractivity contribution >= 4 is 0 Å². The van der Waals surface area contributed by atoms with Gasteiger partial charge in [0.15, 0.2) is 11.6 Å². The number of alkyl halides is 3. The van der Waals surface area contributed by atoms with E-state index in [2.05, 4.69) is 0 Å². The van der Waals surface area contributed by atoms with Crippen LogP contribution in [-0.4, -0.2) is 6.61 Å². The van der Waals surface area contributed by atoms with Crippen LogP contribution in [-0.2, 0) is 6.18 Å². The van der Waals surface area contributed by atoms with E-state index in [-0.39, 0.29) is 17.9 Å². The highest BCUT2D eigenvalue weighted by Gasteiger charge is 2.34. The van der Waals surface area contributed by atoms with Crippen LogP contribution in [0.25, 0.3) is 0 Å². The molecule has 0 fully saturated rings. The topological polar surface area (TPSA) is 35.2 Å². The highest BCUT2D eigenvalue weighted by molar-refractivity contribution is 5.32. The van der Waals surface area contributed by atoms with Crippen molar-refractivity contribution in [2.75, 3.05) is 6.61 Å². The van der Waals surface area contributed by atoms with Gasteiger partial charge >= 0.3 is 6.18 Å². The van der Waals surface area contributed by atoms with Gasteiger partial charge in [0.2, 0.25) is 0 Å². The number of hydrogen-bond acceptors (Lipinski definition) is 2.